The van der Waals surface area contributed by atoms with E-state index in [-0.39, 0.29) is 5.91 Å². The van der Waals surface area contributed by atoms with Gasteiger partial charge in [-0.25, -0.2) is 0 Å². The van der Waals surface area contributed by atoms with Crippen LogP contribution in [0.1, 0.15) is 15.2 Å². The summed E-state index contributed by atoms with van der Waals surface area (Å²) in [7, 11) is 0. The van der Waals surface area contributed by atoms with Crippen molar-refractivity contribution >= 4 is 34.6 Å². The quantitative estimate of drug-likeness (QED) is 0.847. The smallest absolute Gasteiger partial charge is 0.323 e. The third-order valence-electron chi connectivity index (χ3n) is 2.82. The molecule has 0 aliphatic carbocycles. The normalized spacial score (nSPS) is 10.2. The second kappa shape index (κ2) is 5.75. The first-order valence-electron chi connectivity index (χ1n) is 5.93. The number of hydrogen-bond donors (Lipinski definition) is 2. The predicted octanol–water partition coefficient (Wildman–Crippen LogP) is 2.37. The van der Waals surface area contributed by atoms with Crippen LogP contribution < -0.4 is 10.6 Å². The van der Waals surface area contributed by atoms with E-state index in [1.54, 1.807) is 29.6 Å². The third-order valence-corrected chi connectivity index (χ3v) is 3.83. The van der Waals surface area contributed by atoms with Crippen LogP contribution in [-0.2, 0) is 4.79 Å². The number of carboxylic acids is 1. The Kier molecular flexibility index (Phi) is 4.05. The number of benzene rings is 1. The van der Waals surface area contributed by atoms with Crippen molar-refractivity contribution in [1.29, 1.82) is 0 Å². The number of anilines is 2. The van der Waals surface area contributed by atoms with Crippen molar-refractivity contribution in [3.05, 3.63) is 46.2 Å². The van der Waals surface area contributed by atoms with E-state index >= 15 is 0 Å². The fourth-order valence-electron chi connectivity index (χ4n) is 1.85. The lowest BCUT2D eigenvalue weighted by molar-refractivity contribution is -0.135. The molecule has 0 saturated carbocycles. The predicted molar refractivity (Wildman–Crippen MR) is 79.2 cm³/mol. The van der Waals surface area contributed by atoms with E-state index < -0.39 is 12.5 Å². The monoisotopic (exact) mass is 290 g/mol. The summed E-state index contributed by atoms with van der Waals surface area (Å²) in [5.74, 6) is -1.44. The van der Waals surface area contributed by atoms with Crippen molar-refractivity contribution in [3.8, 4) is 0 Å². The molecule has 3 N–H and O–H groups in total. The molecule has 0 radical (unpaired) electrons. The van der Waals surface area contributed by atoms with Crippen molar-refractivity contribution in [2.75, 3.05) is 17.2 Å². The van der Waals surface area contributed by atoms with E-state index in [1.807, 2.05) is 13.0 Å². The Labute approximate surface area is 120 Å². The van der Waals surface area contributed by atoms with Gasteiger partial charge in [0.05, 0.1) is 16.3 Å². The van der Waals surface area contributed by atoms with Crippen LogP contribution in [0.15, 0.2) is 35.7 Å². The van der Waals surface area contributed by atoms with Crippen molar-refractivity contribution < 1.29 is 14.7 Å². The standard InChI is InChI=1S/C14H14N2O3S/c1-9-6-7-20-13(9)14(19)16(8-12(17)18)11-5-3-2-4-10(11)15/h2-7H,8,15H2,1H3,(H,17,18). The summed E-state index contributed by atoms with van der Waals surface area (Å²) >= 11 is 1.29. The molecule has 20 heavy (non-hydrogen) atoms. The number of hydrogen-bond acceptors (Lipinski definition) is 4. The number of carbonyl (C=O) groups excluding carboxylic acids is 1. The maximum atomic E-state index is 12.5. The Balaban J connectivity index is 2.43. The number of nitrogen functional groups attached to an aromatic ring is 1. The van der Waals surface area contributed by atoms with Gasteiger partial charge in [-0.2, -0.15) is 0 Å². The molecule has 1 amide bonds. The molecule has 1 aromatic heterocycles. The van der Waals surface area contributed by atoms with E-state index in [0.717, 1.165) is 5.56 Å². The number of carboxylic acid groups (broad SMARTS) is 1. The first-order chi connectivity index (χ1) is 9.50. The number of carbonyl (C=O) groups is 2. The molecular weight excluding hydrogens is 276 g/mol. The summed E-state index contributed by atoms with van der Waals surface area (Å²) < 4.78 is 0. The zero-order valence-electron chi connectivity index (χ0n) is 10.9. The molecule has 0 aliphatic heterocycles. The van der Waals surface area contributed by atoms with Gasteiger partial charge in [0.25, 0.3) is 5.91 Å². The molecule has 1 heterocycles. The molecule has 104 valence electrons. The van der Waals surface area contributed by atoms with Gasteiger partial charge in [-0.05, 0) is 36.1 Å². The Bertz CT molecular complexity index is 651. The average molecular weight is 290 g/mol. The van der Waals surface area contributed by atoms with Crippen LogP contribution in [0.4, 0.5) is 11.4 Å². The minimum Gasteiger partial charge on any atom is -0.480 e. The van der Waals surface area contributed by atoms with Gasteiger partial charge in [-0.3, -0.25) is 14.5 Å². The number of nitrogens with zero attached hydrogens (tertiary/aromatic N) is 1. The highest BCUT2D eigenvalue weighted by molar-refractivity contribution is 7.12. The molecule has 0 spiro atoms. The molecule has 2 rings (SSSR count). The molecule has 0 saturated heterocycles. The lowest BCUT2D eigenvalue weighted by Gasteiger charge is -2.22. The number of rotatable bonds is 4. The number of amides is 1. The zero-order valence-corrected chi connectivity index (χ0v) is 11.7. The van der Waals surface area contributed by atoms with E-state index in [0.29, 0.717) is 16.3 Å². The molecule has 6 heteroatoms. The first kappa shape index (κ1) is 14.1. The van der Waals surface area contributed by atoms with Crippen LogP contribution in [0, 0.1) is 6.92 Å². The Hall–Kier alpha value is -2.34. The van der Waals surface area contributed by atoms with Gasteiger partial charge in [0, 0.05) is 0 Å². The minimum atomic E-state index is -1.09. The summed E-state index contributed by atoms with van der Waals surface area (Å²) in [5.41, 5.74) is 7.45. The lowest BCUT2D eigenvalue weighted by Crippen LogP contribution is -2.36. The molecule has 0 bridgehead atoms. The SMILES string of the molecule is Cc1ccsc1C(=O)N(CC(=O)O)c1ccccc1N. The topological polar surface area (TPSA) is 83.6 Å². The highest BCUT2D eigenvalue weighted by Gasteiger charge is 2.24. The average Bonchev–Trinajstić information content (AvgIpc) is 2.82. The molecule has 0 aliphatic rings. The largest absolute Gasteiger partial charge is 0.480 e. The minimum absolute atomic E-state index is 0.349. The van der Waals surface area contributed by atoms with Crippen LogP contribution in [-0.4, -0.2) is 23.5 Å². The Morgan fingerprint density at radius 3 is 2.55 bits per heavy atom. The van der Waals surface area contributed by atoms with E-state index in [2.05, 4.69) is 0 Å². The number of aryl methyl sites for hydroxylation is 1. The third kappa shape index (κ3) is 2.80. The van der Waals surface area contributed by atoms with Crippen LogP contribution in [0.3, 0.4) is 0 Å². The Morgan fingerprint density at radius 1 is 1.30 bits per heavy atom. The first-order valence-corrected chi connectivity index (χ1v) is 6.81. The van der Waals surface area contributed by atoms with Crippen LogP contribution in [0.5, 0.6) is 0 Å². The fourth-order valence-corrected chi connectivity index (χ4v) is 2.72. The lowest BCUT2D eigenvalue weighted by atomic mass is 10.2. The van der Waals surface area contributed by atoms with E-state index in [4.69, 9.17) is 10.8 Å². The van der Waals surface area contributed by atoms with Gasteiger partial charge in [0.2, 0.25) is 0 Å². The van der Waals surface area contributed by atoms with Gasteiger partial charge in [0.15, 0.2) is 0 Å². The van der Waals surface area contributed by atoms with Crippen molar-refractivity contribution in [2.24, 2.45) is 0 Å². The fraction of sp³-hybridized carbons (Fsp3) is 0.143. The number of nitrogens with two attached hydrogens (primary N) is 1. The molecular formula is C14H14N2O3S. The molecule has 5 nitrogen and oxygen atoms in total. The molecule has 0 fully saturated rings. The van der Waals surface area contributed by atoms with Crippen molar-refractivity contribution in [1.82, 2.24) is 0 Å². The molecule has 2 aromatic rings. The summed E-state index contributed by atoms with van der Waals surface area (Å²) in [5, 5.41) is 10.8. The van der Waals surface area contributed by atoms with Crippen molar-refractivity contribution in [2.45, 2.75) is 6.92 Å². The number of para-hydroxylation sites is 2. The summed E-state index contributed by atoms with van der Waals surface area (Å²) in [6.45, 7) is 1.39. The second-order valence-electron chi connectivity index (χ2n) is 4.28. The van der Waals surface area contributed by atoms with E-state index in [1.165, 1.54) is 16.2 Å². The second-order valence-corrected chi connectivity index (χ2v) is 5.19. The highest BCUT2D eigenvalue weighted by atomic mass is 32.1. The van der Waals surface area contributed by atoms with Gasteiger partial charge >= 0.3 is 5.97 Å². The number of aliphatic carboxylic acids is 1. The summed E-state index contributed by atoms with van der Waals surface area (Å²) in [4.78, 5) is 25.3. The maximum absolute atomic E-state index is 12.5. The van der Waals surface area contributed by atoms with Gasteiger partial charge < -0.3 is 10.8 Å². The molecule has 0 atom stereocenters. The van der Waals surface area contributed by atoms with Crippen molar-refractivity contribution in [3.63, 3.8) is 0 Å². The Morgan fingerprint density at radius 2 is 2.00 bits per heavy atom. The van der Waals surface area contributed by atoms with Gasteiger partial charge in [0.1, 0.15) is 6.54 Å². The number of thiophene rings is 1. The highest BCUT2D eigenvalue weighted by Crippen LogP contribution is 2.26. The maximum Gasteiger partial charge on any atom is 0.323 e. The summed E-state index contributed by atoms with van der Waals surface area (Å²) in [6.07, 6.45) is 0. The van der Waals surface area contributed by atoms with Crippen LogP contribution in [0.25, 0.3) is 0 Å². The van der Waals surface area contributed by atoms with Gasteiger partial charge in [-0.15, -0.1) is 11.3 Å². The van der Waals surface area contributed by atoms with Crippen LogP contribution in [0.2, 0.25) is 0 Å². The van der Waals surface area contributed by atoms with Gasteiger partial charge in [-0.1, -0.05) is 12.1 Å². The molecule has 0 unspecified atom stereocenters. The van der Waals surface area contributed by atoms with E-state index in [9.17, 15) is 9.59 Å². The summed E-state index contributed by atoms with van der Waals surface area (Å²) in [6, 6.07) is 8.55. The zero-order chi connectivity index (χ0) is 14.7. The molecule has 1 aromatic carbocycles. The van der Waals surface area contributed by atoms with Crippen LogP contribution >= 0.6 is 11.3 Å².